The van der Waals surface area contributed by atoms with Crippen LogP contribution in [0.1, 0.15) is 21.6 Å². The third-order valence-corrected chi connectivity index (χ3v) is 3.89. The van der Waals surface area contributed by atoms with E-state index in [1.54, 1.807) is 24.3 Å². The first-order chi connectivity index (χ1) is 11.3. The van der Waals surface area contributed by atoms with Crippen molar-refractivity contribution in [1.82, 2.24) is 14.7 Å². The minimum absolute atomic E-state index is 0.123. The predicted octanol–water partition coefficient (Wildman–Crippen LogP) is 4.05. The molecule has 1 amide bonds. The second kappa shape index (κ2) is 6.27. The molecule has 1 aromatic carbocycles. The molecule has 3 aromatic rings. The van der Waals surface area contributed by atoms with E-state index in [1.165, 1.54) is 16.7 Å². The topological polar surface area (TPSA) is 46.4 Å². The number of halogens is 4. The van der Waals surface area contributed by atoms with Crippen LogP contribution in [0.15, 0.2) is 53.3 Å². The fraction of sp³-hybridized carbons (Fsp3) is 0.125. The van der Waals surface area contributed by atoms with Gasteiger partial charge in [-0.25, -0.2) is 4.98 Å². The Morgan fingerprint density at radius 1 is 1.12 bits per heavy atom. The second-order valence-corrected chi connectivity index (χ2v) is 6.02. The molecule has 1 N–H and O–H groups in total. The Bertz CT molecular complexity index is 888. The quantitative estimate of drug-likeness (QED) is 0.724. The zero-order valence-electron chi connectivity index (χ0n) is 12.1. The van der Waals surface area contributed by atoms with Gasteiger partial charge in [0.2, 0.25) is 0 Å². The molecule has 0 radical (unpaired) electrons. The first-order valence-electron chi connectivity index (χ1n) is 6.91. The van der Waals surface area contributed by atoms with Crippen LogP contribution in [0.2, 0.25) is 0 Å². The number of aromatic nitrogens is 2. The molecule has 0 atom stereocenters. The number of alkyl halides is 3. The number of carbonyl (C=O) groups excluding carboxylic acids is 1. The summed E-state index contributed by atoms with van der Waals surface area (Å²) in [6, 6.07) is 9.10. The molecule has 0 spiro atoms. The van der Waals surface area contributed by atoms with E-state index in [2.05, 4.69) is 26.2 Å². The number of imidazole rings is 1. The molecule has 124 valence electrons. The van der Waals surface area contributed by atoms with Crippen LogP contribution >= 0.6 is 15.9 Å². The molecule has 8 heteroatoms. The number of carbonyl (C=O) groups is 1. The number of amides is 1. The Kier molecular flexibility index (Phi) is 4.31. The Balaban J connectivity index is 1.73. The van der Waals surface area contributed by atoms with Crippen molar-refractivity contribution in [2.75, 3.05) is 0 Å². The number of hydrogen-bond acceptors (Lipinski definition) is 2. The van der Waals surface area contributed by atoms with Crippen molar-refractivity contribution in [3.8, 4) is 0 Å². The molecule has 2 heterocycles. The zero-order valence-corrected chi connectivity index (χ0v) is 13.7. The van der Waals surface area contributed by atoms with Gasteiger partial charge in [0.1, 0.15) is 5.65 Å². The number of fused-ring (bicyclic) bond motifs is 1. The normalized spacial score (nSPS) is 11.7. The van der Waals surface area contributed by atoms with Crippen molar-refractivity contribution in [1.29, 1.82) is 0 Å². The summed E-state index contributed by atoms with van der Waals surface area (Å²) in [6.45, 7) is 0.123. The van der Waals surface area contributed by atoms with Crippen LogP contribution in [0.25, 0.3) is 5.65 Å². The zero-order chi connectivity index (χ0) is 17.3. The van der Waals surface area contributed by atoms with Gasteiger partial charge in [-0.3, -0.25) is 4.79 Å². The van der Waals surface area contributed by atoms with Gasteiger partial charge in [-0.1, -0.05) is 15.9 Å². The lowest BCUT2D eigenvalue weighted by atomic mass is 10.2. The summed E-state index contributed by atoms with van der Waals surface area (Å²) < 4.78 is 40.3. The van der Waals surface area contributed by atoms with E-state index in [1.807, 2.05) is 0 Å². The van der Waals surface area contributed by atoms with Gasteiger partial charge in [0, 0.05) is 22.4 Å². The largest absolute Gasteiger partial charge is 0.417 e. The van der Waals surface area contributed by atoms with Crippen LogP contribution in [0.3, 0.4) is 0 Å². The maximum absolute atomic E-state index is 12.7. The lowest BCUT2D eigenvalue weighted by Crippen LogP contribution is -2.22. The molecule has 0 bridgehead atoms. The summed E-state index contributed by atoms with van der Waals surface area (Å²) in [7, 11) is 0. The second-order valence-electron chi connectivity index (χ2n) is 5.10. The standard InChI is InChI=1S/C16H11BrF3N3O/c17-12-4-1-10(2-5-12)15(24)21-7-13-9-23-8-11(16(18,19)20)3-6-14(23)22-13/h1-6,8-9H,7H2,(H,21,24). The molecule has 2 aromatic heterocycles. The SMILES string of the molecule is O=C(NCc1cn2cc(C(F)(F)F)ccc2n1)c1ccc(Br)cc1. The third-order valence-electron chi connectivity index (χ3n) is 3.36. The van der Waals surface area contributed by atoms with Gasteiger partial charge in [-0.15, -0.1) is 0 Å². The van der Waals surface area contributed by atoms with Crippen molar-refractivity contribution in [3.63, 3.8) is 0 Å². The van der Waals surface area contributed by atoms with Gasteiger partial charge in [-0.2, -0.15) is 13.2 Å². The molecule has 0 aliphatic heterocycles. The van der Waals surface area contributed by atoms with Gasteiger partial charge in [0.25, 0.3) is 5.91 Å². The van der Waals surface area contributed by atoms with Crippen LogP contribution in [0, 0.1) is 0 Å². The van der Waals surface area contributed by atoms with E-state index in [0.29, 0.717) is 16.9 Å². The summed E-state index contributed by atoms with van der Waals surface area (Å²) in [6.07, 6.45) is -1.97. The fourth-order valence-electron chi connectivity index (χ4n) is 2.17. The number of hydrogen-bond donors (Lipinski definition) is 1. The minimum Gasteiger partial charge on any atom is -0.346 e. The Morgan fingerprint density at radius 2 is 1.83 bits per heavy atom. The summed E-state index contributed by atoms with van der Waals surface area (Å²) in [5, 5.41) is 2.69. The highest BCUT2D eigenvalue weighted by molar-refractivity contribution is 9.10. The molecular formula is C16H11BrF3N3O. The van der Waals surface area contributed by atoms with E-state index >= 15 is 0 Å². The molecule has 3 rings (SSSR count). The van der Waals surface area contributed by atoms with E-state index in [4.69, 9.17) is 0 Å². The lowest BCUT2D eigenvalue weighted by molar-refractivity contribution is -0.137. The summed E-state index contributed by atoms with van der Waals surface area (Å²) in [5.74, 6) is -0.282. The van der Waals surface area contributed by atoms with Gasteiger partial charge in [-0.05, 0) is 36.4 Å². The molecule has 0 unspecified atom stereocenters. The van der Waals surface area contributed by atoms with Crippen molar-refractivity contribution in [2.24, 2.45) is 0 Å². The molecule has 0 aliphatic rings. The van der Waals surface area contributed by atoms with Crippen LogP contribution in [-0.4, -0.2) is 15.3 Å². The Labute approximate surface area is 143 Å². The van der Waals surface area contributed by atoms with E-state index < -0.39 is 11.7 Å². The molecule has 0 saturated carbocycles. The Hall–Kier alpha value is -2.35. The molecule has 24 heavy (non-hydrogen) atoms. The van der Waals surface area contributed by atoms with Crippen molar-refractivity contribution < 1.29 is 18.0 Å². The van der Waals surface area contributed by atoms with Gasteiger partial charge < -0.3 is 9.72 Å². The average molecular weight is 398 g/mol. The summed E-state index contributed by atoms with van der Waals surface area (Å²) >= 11 is 3.29. The minimum atomic E-state index is -4.41. The number of rotatable bonds is 3. The molecule has 0 saturated heterocycles. The number of pyridine rings is 1. The first kappa shape index (κ1) is 16.5. The fourth-order valence-corrected chi connectivity index (χ4v) is 2.44. The lowest BCUT2D eigenvalue weighted by Gasteiger charge is -2.05. The summed E-state index contributed by atoms with van der Waals surface area (Å²) in [4.78, 5) is 16.2. The maximum atomic E-state index is 12.7. The predicted molar refractivity (Wildman–Crippen MR) is 85.5 cm³/mol. The highest BCUT2D eigenvalue weighted by atomic mass is 79.9. The van der Waals surface area contributed by atoms with Crippen LogP contribution in [-0.2, 0) is 12.7 Å². The van der Waals surface area contributed by atoms with E-state index in [0.717, 1.165) is 16.7 Å². The number of nitrogens with zero attached hydrogens (tertiary/aromatic N) is 2. The van der Waals surface area contributed by atoms with Crippen molar-refractivity contribution in [3.05, 3.63) is 70.1 Å². The molecule has 0 aliphatic carbocycles. The first-order valence-corrected chi connectivity index (χ1v) is 7.71. The van der Waals surface area contributed by atoms with Crippen LogP contribution in [0.4, 0.5) is 13.2 Å². The highest BCUT2D eigenvalue weighted by Crippen LogP contribution is 2.29. The van der Waals surface area contributed by atoms with Gasteiger partial charge in [0.15, 0.2) is 0 Å². The Morgan fingerprint density at radius 3 is 2.50 bits per heavy atom. The monoisotopic (exact) mass is 397 g/mol. The highest BCUT2D eigenvalue weighted by Gasteiger charge is 2.30. The number of nitrogens with one attached hydrogen (secondary N) is 1. The molecule has 0 fully saturated rings. The third kappa shape index (κ3) is 3.59. The maximum Gasteiger partial charge on any atom is 0.417 e. The molecular weight excluding hydrogens is 387 g/mol. The molecule has 4 nitrogen and oxygen atoms in total. The van der Waals surface area contributed by atoms with Crippen LogP contribution in [0.5, 0.6) is 0 Å². The smallest absolute Gasteiger partial charge is 0.346 e. The number of benzene rings is 1. The van der Waals surface area contributed by atoms with Gasteiger partial charge >= 0.3 is 6.18 Å². The van der Waals surface area contributed by atoms with E-state index in [9.17, 15) is 18.0 Å². The van der Waals surface area contributed by atoms with Crippen molar-refractivity contribution in [2.45, 2.75) is 12.7 Å². The average Bonchev–Trinajstić information content (AvgIpc) is 2.94. The van der Waals surface area contributed by atoms with Crippen molar-refractivity contribution >= 4 is 27.5 Å². The van der Waals surface area contributed by atoms with E-state index in [-0.39, 0.29) is 12.5 Å². The van der Waals surface area contributed by atoms with Crippen LogP contribution < -0.4 is 5.32 Å². The van der Waals surface area contributed by atoms with Gasteiger partial charge in [0.05, 0.1) is 17.8 Å². The summed E-state index contributed by atoms with van der Waals surface area (Å²) in [5.41, 5.74) is 0.592.